The fourth-order valence-electron chi connectivity index (χ4n) is 3.58. The second-order valence-corrected chi connectivity index (χ2v) is 7.91. The van der Waals surface area contributed by atoms with Crippen LogP contribution in [0, 0.1) is 11.8 Å². The molecule has 1 aromatic heterocycles. The van der Waals surface area contributed by atoms with Gasteiger partial charge in [0.1, 0.15) is 5.82 Å². The predicted octanol–water partition coefficient (Wildman–Crippen LogP) is 2.17. The summed E-state index contributed by atoms with van der Waals surface area (Å²) < 4.78 is 27.0. The van der Waals surface area contributed by atoms with Crippen molar-refractivity contribution in [1.29, 1.82) is 0 Å². The Kier molecular flexibility index (Phi) is 3.86. The lowest BCUT2D eigenvalue weighted by Gasteiger charge is -2.40. The van der Waals surface area contributed by atoms with Gasteiger partial charge in [-0.1, -0.05) is 26.2 Å². The summed E-state index contributed by atoms with van der Waals surface area (Å²) in [7, 11) is -3.39. The SMILES string of the molecule is CCc1ncc(S(=O)(=O)N2CCC3CCCCC3C2)[nH]1. The van der Waals surface area contributed by atoms with E-state index in [2.05, 4.69) is 9.97 Å². The van der Waals surface area contributed by atoms with Crippen molar-refractivity contribution in [2.75, 3.05) is 13.1 Å². The van der Waals surface area contributed by atoms with E-state index in [1.54, 1.807) is 4.31 Å². The van der Waals surface area contributed by atoms with Crippen molar-refractivity contribution < 1.29 is 8.42 Å². The zero-order valence-electron chi connectivity index (χ0n) is 12.0. The van der Waals surface area contributed by atoms with Crippen molar-refractivity contribution in [1.82, 2.24) is 14.3 Å². The summed E-state index contributed by atoms with van der Waals surface area (Å²) >= 11 is 0. The lowest BCUT2D eigenvalue weighted by molar-refractivity contribution is 0.136. The molecule has 1 aliphatic carbocycles. The van der Waals surface area contributed by atoms with Gasteiger partial charge in [0, 0.05) is 19.5 Å². The first-order valence-electron chi connectivity index (χ1n) is 7.65. The quantitative estimate of drug-likeness (QED) is 0.930. The Labute approximate surface area is 120 Å². The van der Waals surface area contributed by atoms with Crippen molar-refractivity contribution in [2.45, 2.75) is 50.5 Å². The number of hydrogen-bond donors (Lipinski definition) is 1. The molecule has 2 fully saturated rings. The molecule has 1 aromatic rings. The maximum atomic E-state index is 12.6. The van der Waals surface area contributed by atoms with E-state index in [1.165, 1.54) is 31.9 Å². The minimum atomic E-state index is -3.39. The summed E-state index contributed by atoms with van der Waals surface area (Å²) in [5.74, 6) is 2.03. The van der Waals surface area contributed by atoms with Crippen LogP contribution in [0.15, 0.2) is 11.2 Å². The number of hydrogen-bond acceptors (Lipinski definition) is 3. The molecule has 0 amide bonds. The van der Waals surface area contributed by atoms with Crippen LogP contribution >= 0.6 is 0 Å². The summed E-state index contributed by atoms with van der Waals surface area (Å²) in [6, 6.07) is 0. The highest BCUT2D eigenvalue weighted by molar-refractivity contribution is 7.89. The van der Waals surface area contributed by atoms with Crippen LogP contribution in [0.5, 0.6) is 0 Å². The van der Waals surface area contributed by atoms with Gasteiger partial charge < -0.3 is 4.98 Å². The molecular formula is C14H23N3O2S. The van der Waals surface area contributed by atoms with E-state index in [-0.39, 0.29) is 5.03 Å². The van der Waals surface area contributed by atoms with Crippen LogP contribution in [0.2, 0.25) is 0 Å². The molecule has 0 radical (unpaired) electrons. The first-order chi connectivity index (χ1) is 9.61. The molecule has 2 aliphatic rings. The third-order valence-electron chi connectivity index (χ3n) is 4.81. The van der Waals surface area contributed by atoms with E-state index >= 15 is 0 Å². The minimum Gasteiger partial charge on any atom is -0.332 e. The largest absolute Gasteiger partial charge is 0.332 e. The normalized spacial score (nSPS) is 28.2. The number of aryl methyl sites for hydroxylation is 1. The number of piperidine rings is 1. The molecule has 1 aliphatic heterocycles. The average molecular weight is 297 g/mol. The van der Waals surface area contributed by atoms with Crippen molar-refractivity contribution in [2.24, 2.45) is 11.8 Å². The number of aromatic nitrogens is 2. The summed E-state index contributed by atoms with van der Waals surface area (Å²) in [5.41, 5.74) is 0. The van der Waals surface area contributed by atoms with Gasteiger partial charge in [-0.15, -0.1) is 0 Å². The summed E-state index contributed by atoms with van der Waals surface area (Å²) in [6.07, 6.45) is 8.22. The smallest absolute Gasteiger partial charge is 0.260 e. The fourth-order valence-corrected chi connectivity index (χ4v) is 5.02. The Bertz CT molecular complexity index is 567. The highest BCUT2D eigenvalue weighted by Gasteiger charge is 2.37. The van der Waals surface area contributed by atoms with E-state index in [4.69, 9.17) is 0 Å². The highest BCUT2D eigenvalue weighted by atomic mass is 32.2. The maximum absolute atomic E-state index is 12.6. The Morgan fingerprint density at radius 1 is 1.30 bits per heavy atom. The van der Waals surface area contributed by atoms with Gasteiger partial charge in [0.25, 0.3) is 10.0 Å². The summed E-state index contributed by atoms with van der Waals surface area (Å²) in [6.45, 7) is 3.31. The van der Waals surface area contributed by atoms with E-state index in [9.17, 15) is 8.42 Å². The molecule has 2 heterocycles. The molecule has 0 bridgehead atoms. The number of imidazole rings is 1. The number of sulfonamides is 1. The minimum absolute atomic E-state index is 0.253. The first-order valence-corrected chi connectivity index (χ1v) is 9.09. The third kappa shape index (κ3) is 2.51. The molecule has 1 saturated heterocycles. The maximum Gasteiger partial charge on any atom is 0.260 e. The van der Waals surface area contributed by atoms with E-state index < -0.39 is 10.0 Å². The highest BCUT2D eigenvalue weighted by Crippen LogP contribution is 2.37. The molecule has 0 aromatic carbocycles. The molecular weight excluding hydrogens is 274 g/mol. The van der Waals surface area contributed by atoms with Crippen molar-refractivity contribution in [3.05, 3.63) is 12.0 Å². The summed E-state index contributed by atoms with van der Waals surface area (Å²) in [4.78, 5) is 7.05. The molecule has 1 N–H and O–H groups in total. The van der Waals surface area contributed by atoms with Crippen LogP contribution in [0.3, 0.4) is 0 Å². The van der Waals surface area contributed by atoms with Gasteiger partial charge in [-0.25, -0.2) is 13.4 Å². The molecule has 20 heavy (non-hydrogen) atoms. The zero-order valence-corrected chi connectivity index (χ0v) is 12.8. The van der Waals surface area contributed by atoms with Crippen LogP contribution in [-0.4, -0.2) is 35.8 Å². The number of rotatable bonds is 3. The van der Waals surface area contributed by atoms with Crippen molar-refractivity contribution in [3.63, 3.8) is 0 Å². The van der Waals surface area contributed by atoms with Gasteiger partial charge in [0.2, 0.25) is 0 Å². The fraction of sp³-hybridized carbons (Fsp3) is 0.786. The lowest BCUT2D eigenvalue weighted by atomic mass is 9.76. The van der Waals surface area contributed by atoms with Crippen molar-refractivity contribution in [3.8, 4) is 0 Å². The number of fused-ring (bicyclic) bond motifs is 1. The molecule has 0 spiro atoms. The second kappa shape index (κ2) is 5.48. The van der Waals surface area contributed by atoms with Gasteiger partial charge in [0.15, 0.2) is 5.03 Å². The molecule has 3 rings (SSSR count). The van der Waals surface area contributed by atoms with E-state index in [1.807, 2.05) is 6.92 Å². The van der Waals surface area contributed by atoms with Gasteiger partial charge in [0.05, 0.1) is 6.20 Å². The van der Waals surface area contributed by atoms with Crippen LogP contribution in [0.25, 0.3) is 0 Å². The summed E-state index contributed by atoms with van der Waals surface area (Å²) in [5, 5.41) is 0.253. The Morgan fingerprint density at radius 3 is 2.75 bits per heavy atom. The standard InChI is InChI=1S/C14H23N3O2S/c1-2-13-15-9-14(16-13)20(18,19)17-8-7-11-5-3-4-6-12(11)10-17/h9,11-12H,2-8,10H2,1H3,(H,15,16). The van der Waals surface area contributed by atoms with Gasteiger partial charge in [-0.05, 0) is 24.7 Å². The Morgan fingerprint density at radius 2 is 2.05 bits per heavy atom. The topological polar surface area (TPSA) is 66.1 Å². The van der Waals surface area contributed by atoms with Gasteiger partial charge in [-0.2, -0.15) is 4.31 Å². The number of nitrogens with zero attached hydrogens (tertiary/aromatic N) is 2. The van der Waals surface area contributed by atoms with E-state index in [0.29, 0.717) is 19.0 Å². The number of nitrogens with one attached hydrogen (secondary N) is 1. The molecule has 2 atom stereocenters. The van der Waals surface area contributed by atoms with Crippen molar-refractivity contribution >= 4 is 10.0 Å². The number of aromatic amines is 1. The van der Waals surface area contributed by atoms with Crippen LogP contribution < -0.4 is 0 Å². The molecule has 2 unspecified atom stereocenters. The van der Waals surface area contributed by atoms with Crippen LogP contribution in [0.1, 0.15) is 44.9 Å². The van der Waals surface area contributed by atoms with Gasteiger partial charge >= 0.3 is 0 Å². The van der Waals surface area contributed by atoms with E-state index in [0.717, 1.165) is 24.6 Å². The monoisotopic (exact) mass is 297 g/mol. The third-order valence-corrected chi connectivity index (χ3v) is 6.59. The molecule has 5 nitrogen and oxygen atoms in total. The second-order valence-electron chi connectivity index (χ2n) is 6.00. The Balaban J connectivity index is 1.77. The lowest BCUT2D eigenvalue weighted by Crippen LogP contribution is -2.44. The predicted molar refractivity (Wildman–Crippen MR) is 76.8 cm³/mol. The average Bonchev–Trinajstić information content (AvgIpc) is 2.96. The van der Waals surface area contributed by atoms with Gasteiger partial charge in [-0.3, -0.25) is 0 Å². The molecule has 6 heteroatoms. The first kappa shape index (κ1) is 14.1. The van der Waals surface area contributed by atoms with Crippen LogP contribution in [-0.2, 0) is 16.4 Å². The molecule has 112 valence electrons. The zero-order chi connectivity index (χ0) is 14.2. The molecule has 1 saturated carbocycles. The van der Waals surface area contributed by atoms with Crippen LogP contribution in [0.4, 0.5) is 0 Å². The number of H-pyrrole nitrogens is 1. The Hall–Kier alpha value is -0.880.